The first-order valence-electron chi connectivity index (χ1n) is 9.36. The largest absolute Gasteiger partial charge is 0.396 e. The number of pyridine rings is 1. The van der Waals surface area contributed by atoms with Crippen molar-refractivity contribution in [3.63, 3.8) is 0 Å². The van der Waals surface area contributed by atoms with Crippen molar-refractivity contribution in [3.8, 4) is 5.95 Å². The number of carbonyl (C=O) groups is 1. The van der Waals surface area contributed by atoms with Gasteiger partial charge in [0.2, 0.25) is 5.82 Å². The van der Waals surface area contributed by atoms with Crippen molar-refractivity contribution in [1.82, 2.24) is 15.0 Å². The Labute approximate surface area is 173 Å². The molecule has 2 heterocycles. The number of carbonyl (C=O) groups excluding carboxylic acids is 1. The minimum Gasteiger partial charge on any atom is -0.313 e. The standard InChI is InChI=1S/C22H19N7O/c1-16(30)23-19-14-8-9-15-29(19)22-27-20(24-17-10-4-2-5-11-17)26-21(28-22)25-18-12-6-3-7-13-18/h2-15H,1H3,(H2,24,25,26,27,28)/p+1. The third-order valence-electron chi connectivity index (χ3n) is 4.06. The Bertz CT molecular complexity index is 1090. The molecule has 4 rings (SSSR count). The minimum absolute atomic E-state index is 0.186. The monoisotopic (exact) mass is 398 g/mol. The number of amides is 1. The molecule has 2 aromatic heterocycles. The quantitative estimate of drug-likeness (QED) is 0.430. The summed E-state index contributed by atoms with van der Waals surface area (Å²) in [5.74, 6) is 1.46. The highest BCUT2D eigenvalue weighted by Crippen LogP contribution is 2.17. The summed E-state index contributed by atoms with van der Waals surface area (Å²) < 4.78 is 1.69. The van der Waals surface area contributed by atoms with Crippen LogP contribution < -0.4 is 20.5 Å². The summed E-state index contributed by atoms with van der Waals surface area (Å²) in [4.78, 5) is 25.2. The molecule has 0 aliphatic heterocycles. The van der Waals surface area contributed by atoms with Crippen LogP contribution in [0.1, 0.15) is 6.92 Å². The molecular formula is C22H20N7O+. The summed E-state index contributed by atoms with van der Waals surface area (Å²) in [6.07, 6.45) is 1.78. The number of anilines is 5. The van der Waals surface area contributed by atoms with Crippen LogP contribution in [0.2, 0.25) is 0 Å². The summed E-state index contributed by atoms with van der Waals surface area (Å²) in [5, 5.41) is 9.19. The third kappa shape index (κ3) is 4.74. The predicted molar refractivity (Wildman–Crippen MR) is 115 cm³/mol. The molecule has 4 aromatic rings. The maximum Gasteiger partial charge on any atom is 0.396 e. The van der Waals surface area contributed by atoms with E-state index in [4.69, 9.17) is 0 Å². The van der Waals surface area contributed by atoms with E-state index >= 15 is 0 Å². The summed E-state index contributed by atoms with van der Waals surface area (Å²) in [5.41, 5.74) is 1.70. The van der Waals surface area contributed by atoms with Crippen molar-refractivity contribution >= 4 is 35.0 Å². The van der Waals surface area contributed by atoms with Crippen LogP contribution in [-0.4, -0.2) is 20.9 Å². The number of aromatic nitrogens is 4. The highest BCUT2D eigenvalue weighted by molar-refractivity contribution is 5.86. The van der Waals surface area contributed by atoms with Crippen LogP contribution in [0.25, 0.3) is 5.95 Å². The molecule has 0 aliphatic rings. The van der Waals surface area contributed by atoms with Crippen molar-refractivity contribution in [2.24, 2.45) is 0 Å². The Kier molecular flexibility index (Phi) is 5.56. The molecule has 0 radical (unpaired) electrons. The number of nitrogens with zero attached hydrogens (tertiary/aromatic N) is 4. The van der Waals surface area contributed by atoms with E-state index in [1.54, 1.807) is 16.8 Å². The van der Waals surface area contributed by atoms with Gasteiger partial charge in [-0.1, -0.05) is 52.4 Å². The fraction of sp³-hybridized carbons (Fsp3) is 0.0455. The zero-order chi connectivity index (χ0) is 20.8. The van der Waals surface area contributed by atoms with E-state index in [9.17, 15) is 4.79 Å². The molecule has 0 unspecified atom stereocenters. The second-order valence-corrected chi connectivity index (χ2v) is 6.40. The van der Waals surface area contributed by atoms with Crippen molar-refractivity contribution in [1.29, 1.82) is 0 Å². The molecule has 0 aliphatic carbocycles. The van der Waals surface area contributed by atoms with Gasteiger partial charge in [0, 0.05) is 24.4 Å². The van der Waals surface area contributed by atoms with Crippen LogP contribution in [0, 0.1) is 0 Å². The molecule has 0 bridgehead atoms. The summed E-state index contributed by atoms with van der Waals surface area (Å²) in [6.45, 7) is 1.45. The Morgan fingerprint density at radius 2 is 1.27 bits per heavy atom. The number of nitrogens with one attached hydrogen (secondary N) is 3. The Morgan fingerprint density at radius 3 is 1.80 bits per heavy atom. The lowest BCUT2D eigenvalue weighted by molar-refractivity contribution is -0.588. The van der Waals surface area contributed by atoms with E-state index in [1.165, 1.54) is 6.92 Å². The number of benzene rings is 2. The molecule has 0 spiro atoms. The lowest BCUT2D eigenvalue weighted by atomic mass is 10.3. The molecule has 0 saturated heterocycles. The summed E-state index contributed by atoms with van der Waals surface area (Å²) >= 11 is 0. The molecule has 0 saturated carbocycles. The van der Waals surface area contributed by atoms with Gasteiger partial charge in [0.25, 0.3) is 17.8 Å². The lowest BCUT2D eigenvalue weighted by Gasteiger charge is -2.09. The van der Waals surface area contributed by atoms with Crippen LogP contribution in [0.5, 0.6) is 0 Å². The van der Waals surface area contributed by atoms with E-state index in [2.05, 4.69) is 30.9 Å². The Hall–Kier alpha value is -4.33. The van der Waals surface area contributed by atoms with Gasteiger partial charge in [-0.2, -0.15) is 9.55 Å². The first-order chi connectivity index (χ1) is 14.7. The van der Waals surface area contributed by atoms with Gasteiger partial charge in [0.05, 0.1) is 6.20 Å². The van der Waals surface area contributed by atoms with Gasteiger partial charge >= 0.3 is 5.95 Å². The molecular weight excluding hydrogens is 378 g/mol. The van der Waals surface area contributed by atoms with E-state index in [1.807, 2.05) is 72.8 Å². The number of hydrogen-bond acceptors (Lipinski definition) is 6. The first kappa shape index (κ1) is 19.0. The van der Waals surface area contributed by atoms with Gasteiger partial charge in [0.1, 0.15) is 0 Å². The average molecular weight is 398 g/mol. The smallest absolute Gasteiger partial charge is 0.313 e. The maximum absolute atomic E-state index is 11.6. The highest BCUT2D eigenvalue weighted by atomic mass is 16.1. The molecule has 3 N–H and O–H groups in total. The average Bonchev–Trinajstić information content (AvgIpc) is 2.75. The zero-order valence-electron chi connectivity index (χ0n) is 16.3. The molecule has 0 atom stereocenters. The summed E-state index contributed by atoms with van der Waals surface area (Å²) in [7, 11) is 0. The fourth-order valence-electron chi connectivity index (χ4n) is 2.79. The molecule has 8 nitrogen and oxygen atoms in total. The van der Waals surface area contributed by atoms with Crippen LogP contribution in [0.3, 0.4) is 0 Å². The van der Waals surface area contributed by atoms with Crippen molar-refractivity contribution in [2.45, 2.75) is 6.92 Å². The Balaban J connectivity index is 1.76. The van der Waals surface area contributed by atoms with E-state index in [0.29, 0.717) is 23.7 Å². The van der Waals surface area contributed by atoms with Crippen molar-refractivity contribution in [3.05, 3.63) is 85.1 Å². The van der Waals surface area contributed by atoms with E-state index < -0.39 is 0 Å². The normalized spacial score (nSPS) is 10.3. The van der Waals surface area contributed by atoms with Crippen molar-refractivity contribution in [2.75, 3.05) is 16.0 Å². The van der Waals surface area contributed by atoms with Gasteiger partial charge < -0.3 is 10.6 Å². The topological polar surface area (TPSA) is 95.7 Å². The second kappa shape index (κ2) is 8.78. The highest BCUT2D eigenvalue weighted by Gasteiger charge is 2.19. The molecule has 0 fully saturated rings. The minimum atomic E-state index is -0.186. The molecule has 1 amide bonds. The summed E-state index contributed by atoms with van der Waals surface area (Å²) in [6, 6.07) is 24.7. The van der Waals surface area contributed by atoms with Crippen molar-refractivity contribution < 1.29 is 9.36 Å². The lowest BCUT2D eigenvalue weighted by Crippen LogP contribution is -2.37. The van der Waals surface area contributed by atoms with E-state index in [0.717, 1.165) is 11.4 Å². The van der Waals surface area contributed by atoms with Gasteiger partial charge in [-0.05, 0) is 30.3 Å². The second-order valence-electron chi connectivity index (χ2n) is 6.40. The molecule has 8 heteroatoms. The van der Waals surface area contributed by atoms with Crippen LogP contribution in [0.15, 0.2) is 85.1 Å². The fourth-order valence-corrected chi connectivity index (χ4v) is 2.79. The van der Waals surface area contributed by atoms with Crippen LogP contribution in [-0.2, 0) is 4.79 Å². The van der Waals surface area contributed by atoms with Gasteiger partial charge in [0.15, 0.2) is 0 Å². The number of para-hydroxylation sites is 2. The predicted octanol–water partition coefficient (Wildman–Crippen LogP) is 3.59. The van der Waals surface area contributed by atoms with Gasteiger partial charge in [-0.25, -0.2) is 0 Å². The maximum atomic E-state index is 11.6. The molecule has 2 aromatic carbocycles. The molecule has 148 valence electrons. The first-order valence-corrected chi connectivity index (χ1v) is 9.36. The van der Waals surface area contributed by atoms with Crippen LogP contribution >= 0.6 is 0 Å². The van der Waals surface area contributed by atoms with Gasteiger partial charge in [-0.3, -0.25) is 10.1 Å². The SMILES string of the molecule is CC(=O)Nc1cccc[n+]1-c1nc(Nc2ccccc2)nc(Nc2ccccc2)n1. The number of hydrogen-bond donors (Lipinski definition) is 3. The van der Waals surface area contributed by atoms with Gasteiger partial charge in [-0.15, -0.1) is 0 Å². The van der Waals surface area contributed by atoms with E-state index in [-0.39, 0.29) is 5.91 Å². The van der Waals surface area contributed by atoms with Crippen LogP contribution in [0.4, 0.5) is 29.1 Å². The third-order valence-corrected chi connectivity index (χ3v) is 4.06. The number of rotatable bonds is 6. The Morgan fingerprint density at radius 1 is 0.733 bits per heavy atom. The molecule has 30 heavy (non-hydrogen) atoms. The zero-order valence-corrected chi connectivity index (χ0v) is 16.3.